The number of hydrogen-bond donors (Lipinski definition) is 3. The van der Waals surface area contributed by atoms with Crippen LogP contribution in [0.2, 0.25) is 5.02 Å². The number of carbonyl (C=O) groups is 2. The summed E-state index contributed by atoms with van der Waals surface area (Å²) in [5, 5.41) is 6.21. The number of benzene rings is 1. The van der Waals surface area contributed by atoms with Crippen LogP contribution in [0.1, 0.15) is 69.2 Å². The van der Waals surface area contributed by atoms with Crippen LogP contribution in [-0.2, 0) is 4.79 Å². The molecule has 0 saturated heterocycles. The highest BCUT2D eigenvalue weighted by atomic mass is 35.5. The first-order valence-corrected chi connectivity index (χ1v) is 9.42. The van der Waals surface area contributed by atoms with Crippen molar-refractivity contribution in [2.75, 3.05) is 5.32 Å². The monoisotopic (exact) mass is 401 g/mol. The van der Waals surface area contributed by atoms with Gasteiger partial charge in [-0.05, 0) is 44.4 Å². The van der Waals surface area contributed by atoms with Crippen LogP contribution in [0, 0.1) is 0 Å². The number of carbonyl (C=O) groups excluding carboxylic acids is 2. The summed E-state index contributed by atoms with van der Waals surface area (Å²) in [4.78, 5) is 24.9. The van der Waals surface area contributed by atoms with Gasteiger partial charge in [-0.25, -0.2) is 0 Å². The lowest BCUT2D eigenvalue weighted by Crippen LogP contribution is -2.48. The van der Waals surface area contributed by atoms with Crippen LogP contribution < -0.4 is 16.4 Å². The molecule has 0 spiro atoms. The minimum atomic E-state index is -0.946. The lowest BCUT2D eigenvalue weighted by atomic mass is 9.95. The maximum Gasteiger partial charge on any atom is 0.253 e. The maximum atomic E-state index is 12.5. The summed E-state index contributed by atoms with van der Waals surface area (Å²) >= 11 is 6.19. The molecule has 0 heterocycles. The molecule has 1 aliphatic rings. The first kappa shape index (κ1) is 22.7. The lowest BCUT2D eigenvalue weighted by molar-refractivity contribution is -0.120. The van der Waals surface area contributed by atoms with Gasteiger partial charge in [0.1, 0.15) is 0 Å². The lowest BCUT2D eigenvalue weighted by Gasteiger charge is -2.24. The Balaban J connectivity index is 0.00000338. The van der Waals surface area contributed by atoms with E-state index >= 15 is 0 Å². The topological polar surface area (TPSA) is 84.2 Å². The van der Waals surface area contributed by atoms with E-state index in [4.69, 9.17) is 17.3 Å². The van der Waals surface area contributed by atoms with Crippen LogP contribution in [0.4, 0.5) is 5.69 Å². The number of hydrogen-bond acceptors (Lipinski definition) is 3. The molecule has 4 N–H and O–H groups in total. The van der Waals surface area contributed by atoms with Crippen molar-refractivity contribution in [2.45, 2.75) is 70.4 Å². The molecule has 2 amide bonds. The number of rotatable bonds is 6. The van der Waals surface area contributed by atoms with Crippen LogP contribution in [0.5, 0.6) is 0 Å². The minimum Gasteiger partial charge on any atom is -0.349 e. The maximum absolute atomic E-state index is 12.5. The first-order chi connectivity index (χ1) is 11.8. The van der Waals surface area contributed by atoms with E-state index in [2.05, 4.69) is 10.6 Å². The molecule has 1 aliphatic carbocycles. The van der Waals surface area contributed by atoms with Gasteiger partial charge in [0, 0.05) is 11.7 Å². The van der Waals surface area contributed by atoms with Crippen molar-refractivity contribution in [3.05, 3.63) is 28.8 Å². The Morgan fingerprint density at radius 2 is 1.92 bits per heavy atom. The van der Waals surface area contributed by atoms with Crippen LogP contribution in [0.25, 0.3) is 0 Å². The van der Waals surface area contributed by atoms with Crippen molar-refractivity contribution in [3.8, 4) is 0 Å². The highest BCUT2D eigenvalue weighted by Gasteiger charge is 2.27. The van der Waals surface area contributed by atoms with Crippen LogP contribution >= 0.6 is 24.0 Å². The van der Waals surface area contributed by atoms with Crippen molar-refractivity contribution in [1.29, 1.82) is 0 Å². The van der Waals surface area contributed by atoms with Crippen LogP contribution in [0.15, 0.2) is 18.2 Å². The number of nitrogens with one attached hydrogen (secondary N) is 2. The third-order valence-corrected chi connectivity index (χ3v) is 5.03. The van der Waals surface area contributed by atoms with Gasteiger partial charge in [0.05, 0.1) is 16.1 Å². The summed E-state index contributed by atoms with van der Waals surface area (Å²) in [6.45, 7) is 3.69. The molecular weight excluding hydrogens is 373 g/mol. The second-order valence-electron chi connectivity index (χ2n) is 7.12. The Morgan fingerprint density at radius 3 is 2.54 bits per heavy atom. The molecule has 0 radical (unpaired) electrons. The largest absolute Gasteiger partial charge is 0.349 e. The van der Waals surface area contributed by atoms with Gasteiger partial charge in [0.15, 0.2) is 0 Å². The van der Waals surface area contributed by atoms with Crippen molar-refractivity contribution in [2.24, 2.45) is 5.73 Å². The molecule has 5 nitrogen and oxygen atoms in total. The Bertz CT molecular complexity index is 629. The van der Waals surface area contributed by atoms with Gasteiger partial charge in [-0.2, -0.15) is 0 Å². The number of halogens is 2. The van der Waals surface area contributed by atoms with Gasteiger partial charge in [-0.3, -0.25) is 9.59 Å². The average molecular weight is 402 g/mol. The fourth-order valence-corrected chi connectivity index (χ4v) is 3.40. The van der Waals surface area contributed by atoms with E-state index in [-0.39, 0.29) is 30.3 Å². The molecule has 7 heteroatoms. The summed E-state index contributed by atoms with van der Waals surface area (Å²) in [5.41, 5.74) is 6.01. The normalized spacial score (nSPS) is 16.9. The molecule has 1 aromatic carbocycles. The summed E-state index contributed by atoms with van der Waals surface area (Å²) in [7, 11) is 0. The van der Waals surface area contributed by atoms with Crippen molar-refractivity contribution >= 4 is 41.5 Å². The van der Waals surface area contributed by atoms with E-state index in [9.17, 15) is 9.59 Å². The molecule has 1 atom stereocenters. The van der Waals surface area contributed by atoms with Crippen LogP contribution in [0.3, 0.4) is 0 Å². The molecule has 0 bridgehead atoms. The predicted molar refractivity (Wildman–Crippen MR) is 109 cm³/mol. The van der Waals surface area contributed by atoms with E-state index < -0.39 is 5.54 Å². The molecule has 26 heavy (non-hydrogen) atoms. The summed E-state index contributed by atoms with van der Waals surface area (Å²) in [6.07, 6.45) is 6.91. The minimum absolute atomic E-state index is 0. The first-order valence-electron chi connectivity index (χ1n) is 9.04. The van der Waals surface area contributed by atoms with E-state index in [0.29, 0.717) is 22.7 Å². The molecule has 0 aliphatic heterocycles. The Kier molecular flexibility index (Phi) is 8.87. The van der Waals surface area contributed by atoms with E-state index in [1.807, 2.05) is 6.92 Å². The van der Waals surface area contributed by atoms with Crippen LogP contribution in [-0.4, -0.2) is 23.4 Å². The van der Waals surface area contributed by atoms with E-state index in [0.717, 1.165) is 32.1 Å². The smallest absolute Gasteiger partial charge is 0.253 e. The molecule has 146 valence electrons. The summed E-state index contributed by atoms with van der Waals surface area (Å²) in [6, 6.07) is 5.12. The molecule has 1 unspecified atom stereocenters. The molecule has 1 aromatic rings. The predicted octanol–water partition coefficient (Wildman–Crippen LogP) is 4.28. The quantitative estimate of drug-likeness (QED) is 0.664. The Labute approximate surface area is 166 Å². The van der Waals surface area contributed by atoms with Gasteiger partial charge in [0.25, 0.3) is 5.91 Å². The van der Waals surface area contributed by atoms with Gasteiger partial charge < -0.3 is 16.4 Å². The van der Waals surface area contributed by atoms with E-state index in [1.165, 1.54) is 6.42 Å². The molecule has 2 rings (SSSR count). The molecule has 1 saturated carbocycles. The molecular formula is C19H29Cl2N3O2. The molecule has 1 fully saturated rings. The summed E-state index contributed by atoms with van der Waals surface area (Å²) < 4.78 is 0. The second-order valence-corrected chi connectivity index (χ2v) is 7.53. The molecule has 0 aromatic heterocycles. The fourth-order valence-electron chi connectivity index (χ4n) is 3.19. The van der Waals surface area contributed by atoms with Gasteiger partial charge in [0.2, 0.25) is 5.91 Å². The third-order valence-electron chi connectivity index (χ3n) is 4.70. The van der Waals surface area contributed by atoms with Crippen molar-refractivity contribution in [3.63, 3.8) is 0 Å². The highest BCUT2D eigenvalue weighted by molar-refractivity contribution is 6.34. The Hall–Kier alpha value is -1.30. The second kappa shape index (κ2) is 10.1. The SMILES string of the molecule is CCCC(C)(N)C(=O)Nc1ccc(Cl)c(C(=O)NC2CCCCC2)c1.Cl. The van der Waals surface area contributed by atoms with E-state index in [1.54, 1.807) is 25.1 Å². The standard InChI is InChI=1S/C19H28ClN3O2.ClH/c1-3-11-19(2,21)18(25)23-14-9-10-16(20)15(12-14)17(24)22-13-7-5-4-6-8-13;/h9-10,12-13H,3-8,11,21H2,1-2H3,(H,22,24)(H,23,25);1H. The fraction of sp³-hybridized carbons (Fsp3) is 0.579. The van der Waals surface area contributed by atoms with Gasteiger partial charge >= 0.3 is 0 Å². The van der Waals surface area contributed by atoms with Crippen molar-refractivity contribution in [1.82, 2.24) is 5.32 Å². The van der Waals surface area contributed by atoms with Crippen molar-refractivity contribution < 1.29 is 9.59 Å². The zero-order chi connectivity index (χ0) is 18.4. The number of anilines is 1. The zero-order valence-electron chi connectivity index (χ0n) is 15.4. The summed E-state index contributed by atoms with van der Waals surface area (Å²) in [5.74, 6) is -0.465. The van der Waals surface area contributed by atoms with Gasteiger partial charge in [-0.15, -0.1) is 12.4 Å². The highest BCUT2D eigenvalue weighted by Crippen LogP contribution is 2.23. The third kappa shape index (κ3) is 6.15. The zero-order valence-corrected chi connectivity index (χ0v) is 17.0. The number of nitrogens with two attached hydrogens (primary N) is 1. The van der Waals surface area contributed by atoms with Gasteiger partial charge in [-0.1, -0.05) is 44.2 Å². The number of amides is 2. The Morgan fingerprint density at radius 1 is 1.27 bits per heavy atom. The average Bonchev–Trinajstić information content (AvgIpc) is 2.57.